The van der Waals surface area contributed by atoms with E-state index in [0.29, 0.717) is 18.3 Å². The number of nitrogens with one attached hydrogen (secondary N) is 2. The SMILES string of the molecule is N[C@H]1CCCC[C@H]1NCC(=O)c1ccc[nH]1. The second-order valence-electron chi connectivity index (χ2n) is 4.44. The van der Waals surface area contributed by atoms with Crippen molar-refractivity contribution in [2.24, 2.45) is 5.73 Å². The number of hydrogen-bond donors (Lipinski definition) is 3. The quantitative estimate of drug-likeness (QED) is 0.666. The zero-order chi connectivity index (χ0) is 11.4. The first-order chi connectivity index (χ1) is 7.77. The second kappa shape index (κ2) is 5.27. The van der Waals surface area contributed by atoms with Crippen LogP contribution in [0.3, 0.4) is 0 Å². The summed E-state index contributed by atoms with van der Waals surface area (Å²) in [6.45, 7) is 0.374. The van der Waals surface area contributed by atoms with Gasteiger partial charge in [0.15, 0.2) is 5.78 Å². The van der Waals surface area contributed by atoms with Crippen molar-refractivity contribution in [1.29, 1.82) is 0 Å². The van der Waals surface area contributed by atoms with Gasteiger partial charge >= 0.3 is 0 Å². The van der Waals surface area contributed by atoms with Gasteiger partial charge in [-0.1, -0.05) is 12.8 Å². The highest BCUT2D eigenvalue weighted by Crippen LogP contribution is 2.16. The third-order valence-electron chi connectivity index (χ3n) is 3.24. The lowest BCUT2D eigenvalue weighted by atomic mass is 9.91. The number of Topliss-reactive ketones (excluding diaryl/α,β-unsaturated/α-hetero) is 1. The fourth-order valence-electron chi connectivity index (χ4n) is 2.24. The monoisotopic (exact) mass is 221 g/mol. The van der Waals surface area contributed by atoms with E-state index in [1.165, 1.54) is 12.8 Å². The van der Waals surface area contributed by atoms with Gasteiger partial charge in [-0.2, -0.15) is 0 Å². The first kappa shape index (κ1) is 11.4. The lowest BCUT2D eigenvalue weighted by molar-refractivity contribution is 0.0979. The molecular weight excluding hydrogens is 202 g/mol. The molecule has 4 nitrogen and oxygen atoms in total. The number of ketones is 1. The molecule has 1 aromatic rings. The maximum atomic E-state index is 11.7. The second-order valence-corrected chi connectivity index (χ2v) is 4.44. The van der Waals surface area contributed by atoms with Gasteiger partial charge in [-0.05, 0) is 25.0 Å². The fourth-order valence-corrected chi connectivity index (χ4v) is 2.24. The molecule has 88 valence electrons. The number of nitrogens with two attached hydrogens (primary N) is 1. The summed E-state index contributed by atoms with van der Waals surface area (Å²) in [6, 6.07) is 4.13. The van der Waals surface area contributed by atoms with Crippen molar-refractivity contribution in [2.45, 2.75) is 37.8 Å². The molecule has 0 saturated heterocycles. The van der Waals surface area contributed by atoms with Crippen LogP contribution in [0.2, 0.25) is 0 Å². The summed E-state index contributed by atoms with van der Waals surface area (Å²) in [4.78, 5) is 14.6. The Balaban J connectivity index is 1.80. The zero-order valence-electron chi connectivity index (χ0n) is 9.41. The summed E-state index contributed by atoms with van der Waals surface area (Å²) in [6.07, 6.45) is 6.33. The van der Waals surface area contributed by atoms with Crippen molar-refractivity contribution < 1.29 is 4.79 Å². The normalized spacial score (nSPS) is 25.6. The predicted octanol–water partition coefficient (Wildman–Crippen LogP) is 1.06. The highest BCUT2D eigenvalue weighted by Gasteiger charge is 2.21. The molecule has 4 heteroatoms. The molecule has 1 heterocycles. The van der Waals surface area contributed by atoms with Gasteiger partial charge < -0.3 is 16.0 Å². The third-order valence-corrected chi connectivity index (χ3v) is 3.24. The Morgan fingerprint density at radius 1 is 1.50 bits per heavy atom. The van der Waals surface area contributed by atoms with E-state index in [4.69, 9.17) is 5.73 Å². The number of aromatic nitrogens is 1. The van der Waals surface area contributed by atoms with Gasteiger partial charge in [-0.3, -0.25) is 4.79 Å². The molecule has 0 bridgehead atoms. The molecule has 1 fully saturated rings. The van der Waals surface area contributed by atoms with Crippen LogP contribution in [0.1, 0.15) is 36.2 Å². The number of hydrogen-bond acceptors (Lipinski definition) is 3. The Kier molecular flexibility index (Phi) is 3.74. The van der Waals surface area contributed by atoms with E-state index in [-0.39, 0.29) is 11.8 Å². The Labute approximate surface area is 95.6 Å². The number of carbonyl (C=O) groups excluding carboxylic acids is 1. The van der Waals surface area contributed by atoms with Crippen molar-refractivity contribution in [2.75, 3.05) is 6.54 Å². The van der Waals surface area contributed by atoms with Crippen LogP contribution in [0.4, 0.5) is 0 Å². The van der Waals surface area contributed by atoms with Crippen LogP contribution < -0.4 is 11.1 Å². The minimum absolute atomic E-state index is 0.0998. The number of carbonyl (C=O) groups is 1. The van der Waals surface area contributed by atoms with Gasteiger partial charge in [0.05, 0.1) is 12.2 Å². The van der Waals surface area contributed by atoms with E-state index in [9.17, 15) is 4.79 Å². The molecule has 4 N–H and O–H groups in total. The molecule has 0 radical (unpaired) electrons. The van der Waals surface area contributed by atoms with E-state index in [1.807, 2.05) is 6.07 Å². The lowest BCUT2D eigenvalue weighted by Crippen LogP contribution is -2.48. The predicted molar refractivity (Wildman–Crippen MR) is 63.4 cm³/mol. The van der Waals surface area contributed by atoms with Crippen molar-refractivity contribution in [3.63, 3.8) is 0 Å². The molecule has 1 aromatic heterocycles. The van der Waals surface area contributed by atoms with Crippen molar-refractivity contribution in [3.8, 4) is 0 Å². The maximum Gasteiger partial charge on any atom is 0.192 e. The summed E-state index contributed by atoms with van der Waals surface area (Å²) in [7, 11) is 0. The highest BCUT2D eigenvalue weighted by molar-refractivity contribution is 5.95. The lowest BCUT2D eigenvalue weighted by Gasteiger charge is -2.29. The van der Waals surface area contributed by atoms with E-state index < -0.39 is 0 Å². The average molecular weight is 221 g/mol. The van der Waals surface area contributed by atoms with E-state index >= 15 is 0 Å². The van der Waals surface area contributed by atoms with Crippen LogP contribution in [-0.4, -0.2) is 29.4 Å². The Morgan fingerprint density at radius 3 is 3.00 bits per heavy atom. The van der Waals surface area contributed by atoms with Gasteiger partial charge in [0.2, 0.25) is 0 Å². The van der Waals surface area contributed by atoms with E-state index in [2.05, 4.69) is 10.3 Å². The summed E-state index contributed by atoms with van der Waals surface area (Å²) in [5.41, 5.74) is 6.67. The Hall–Kier alpha value is -1.13. The fraction of sp³-hybridized carbons (Fsp3) is 0.583. The molecule has 1 aliphatic rings. The summed E-state index contributed by atoms with van der Waals surface area (Å²) in [5, 5.41) is 3.26. The van der Waals surface area contributed by atoms with Gasteiger partial charge in [0, 0.05) is 18.3 Å². The Morgan fingerprint density at radius 2 is 2.31 bits per heavy atom. The molecular formula is C12H19N3O. The topological polar surface area (TPSA) is 70.9 Å². The van der Waals surface area contributed by atoms with E-state index in [0.717, 1.165) is 12.8 Å². The van der Waals surface area contributed by atoms with Crippen LogP contribution in [0.15, 0.2) is 18.3 Å². The largest absolute Gasteiger partial charge is 0.359 e. The zero-order valence-corrected chi connectivity index (χ0v) is 9.41. The number of rotatable bonds is 4. The van der Waals surface area contributed by atoms with Crippen LogP contribution in [0.5, 0.6) is 0 Å². The molecule has 0 spiro atoms. The summed E-state index contributed by atoms with van der Waals surface area (Å²) < 4.78 is 0. The average Bonchev–Trinajstić information content (AvgIpc) is 2.81. The van der Waals surface area contributed by atoms with Crippen LogP contribution >= 0.6 is 0 Å². The highest BCUT2D eigenvalue weighted by atomic mass is 16.1. The Bertz CT molecular complexity index is 334. The minimum Gasteiger partial charge on any atom is -0.359 e. The van der Waals surface area contributed by atoms with Crippen LogP contribution in [-0.2, 0) is 0 Å². The summed E-state index contributed by atoms with van der Waals surface area (Å²) in [5.74, 6) is 0.0998. The van der Waals surface area contributed by atoms with Gasteiger partial charge in [0.25, 0.3) is 0 Å². The molecule has 2 atom stereocenters. The number of H-pyrrole nitrogens is 1. The van der Waals surface area contributed by atoms with Gasteiger partial charge in [-0.25, -0.2) is 0 Å². The first-order valence-electron chi connectivity index (χ1n) is 5.93. The van der Waals surface area contributed by atoms with Crippen molar-refractivity contribution >= 4 is 5.78 Å². The standard InChI is InChI=1S/C12H19N3O/c13-9-4-1-2-5-10(9)15-8-12(16)11-6-3-7-14-11/h3,6-7,9-10,14-15H,1-2,4-5,8,13H2/t9-,10+/m0/s1. The molecule has 1 saturated carbocycles. The van der Waals surface area contributed by atoms with E-state index in [1.54, 1.807) is 12.3 Å². The molecule has 0 aliphatic heterocycles. The molecule has 16 heavy (non-hydrogen) atoms. The molecule has 2 rings (SSSR count). The smallest absolute Gasteiger partial charge is 0.192 e. The third kappa shape index (κ3) is 2.71. The van der Waals surface area contributed by atoms with Crippen molar-refractivity contribution in [1.82, 2.24) is 10.3 Å². The molecule has 0 amide bonds. The van der Waals surface area contributed by atoms with Crippen LogP contribution in [0, 0.1) is 0 Å². The van der Waals surface area contributed by atoms with Gasteiger partial charge in [-0.15, -0.1) is 0 Å². The van der Waals surface area contributed by atoms with Gasteiger partial charge in [0.1, 0.15) is 0 Å². The number of aromatic amines is 1. The molecule has 1 aliphatic carbocycles. The molecule has 0 aromatic carbocycles. The first-order valence-corrected chi connectivity index (χ1v) is 5.93. The summed E-state index contributed by atoms with van der Waals surface area (Å²) >= 11 is 0. The molecule has 0 unspecified atom stereocenters. The van der Waals surface area contributed by atoms with Crippen LogP contribution in [0.25, 0.3) is 0 Å². The van der Waals surface area contributed by atoms with Crippen molar-refractivity contribution in [3.05, 3.63) is 24.0 Å². The minimum atomic E-state index is 0.0998. The maximum absolute atomic E-state index is 11.7.